The van der Waals surface area contributed by atoms with Gasteiger partial charge in [-0.3, -0.25) is 0 Å². The normalized spacial score (nSPS) is 11.4. The minimum absolute atomic E-state index is 0.499. The summed E-state index contributed by atoms with van der Waals surface area (Å²) in [5.41, 5.74) is 2.19. The summed E-state index contributed by atoms with van der Waals surface area (Å²) in [4.78, 5) is 8.85. The standard InChI is InChI=1S/C11H14N2S/c1-4-8-5-9-10(12-6-8)13-11(14-9)7(2)3/h5-7H,4H2,1-3H3. The molecule has 0 saturated heterocycles. The Morgan fingerprint density at radius 3 is 2.86 bits per heavy atom. The van der Waals surface area contributed by atoms with Gasteiger partial charge in [-0.1, -0.05) is 20.8 Å². The van der Waals surface area contributed by atoms with Crippen LogP contribution in [-0.4, -0.2) is 9.97 Å². The molecule has 2 aromatic rings. The lowest BCUT2D eigenvalue weighted by molar-refractivity contribution is 0.855. The molecule has 0 radical (unpaired) electrons. The Hall–Kier alpha value is -0.960. The molecule has 2 rings (SSSR count). The first-order chi connectivity index (χ1) is 6.70. The number of pyridine rings is 1. The van der Waals surface area contributed by atoms with Crippen molar-refractivity contribution in [2.75, 3.05) is 0 Å². The van der Waals surface area contributed by atoms with Crippen LogP contribution in [0.15, 0.2) is 12.3 Å². The molecule has 0 amide bonds. The summed E-state index contributed by atoms with van der Waals surface area (Å²) < 4.78 is 1.22. The van der Waals surface area contributed by atoms with Gasteiger partial charge in [-0.2, -0.15) is 0 Å². The van der Waals surface area contributed by atoms with Crippen LogP contribution in [-0.2, 0) is 6.42 Å². The fourth-order valence-corrected chi connectivity index (χ4v) is 2.31. The minimum atomic E-state index is 0.499. The van der Waals surface area contributed by atoms with Gasteiger partial charge in [-0.25, -0.2) is 9.97 Å². The maximum absolute atomic E-state index is 4.50. The first kappa shape index (κ1) is 9.59. The van der Waals surface area contributed by atoms with E-state index >= 15 is 0 Å². The molecule has 0 unspecified atom stereocenters. The third-order valence-corrected chi connectivity index (χ3v) is 3.51. The first-order valence-corrected chi connectivity index (χ1v) is 5.77. The van der Waals surface area contributed by atoms with Gasteiger partial charge in [0, 0.05) is 12.1 Å². The van der Waals surface area contributed by atoms with Gasteiger partial charge in [0.1, 0.15) is 0 Å². The van der Waals surface area contributed by atoms with Gasteiger partial charge in [0.05, 0.1) is 9.71 Å². The summed E-state index contributed by atoms with van der Waals surface area (Å²) in [6.07, 6.45) is 2.96. The zero-order chi connectivity index (χ0) is 10.1. The lowest BCUT2D eigenvalue weighted by Crippen LogP contribution is -1.85. The van der Waals surface area contributed by atoms with Crippen LogP contribution >= 0.6 is 11.3 Å². The molecule has 74 valence electrons. The van der Waals surface area contributed by atoms with Crippen LogP contribution in [0.2, 0.25) is 0 Å². The smallest absolute Gasteiger partial charge is 0.170 e. The molecule has 2 nitrogen and oxygen atoms in total. The summed E-state index contributed by atoms with van der Waals surface area (Å²) in [6, 6.07) is 2.20. The Morgan fingerprint density at radius 1 is 1.43 bits per heavy atom. The van der Waals surface area contributed by atoms with Crippen LogP contribution in [0.5, 0.6) is 0 Å². The molecule has 0 atom stereocenters. The Morgan fingerprint density at radius 2 is 2.21 bits per heavy atom. The average Bonchev–Trinajstić information content (AvgIpc) is 2.59. The van der Waals surface area contributed by atoms with Crippen molar-refractivity contribution >= 4 is 21.7 Å². The van der Waals surface area contributed by atoms with E-state index in [4.69, 9.17) is 0 Å². The Balaban J connectivity index is 2.54. The third-order valence-electron chi connectivity index (χ3n) is 2.22. The summed E-state index contributed by atoms with van der Waals surface area (Å²) >= 11 is 1.76. The molecule has 2 aromatic heterocycles. The van der Waals surface area contributed by atoms with Crippen molar-refractivity contribution in [3.05, 3.63) is 22.8 Å². The van der Waals surface area contributed by atoms with Gasteiger partial charge in [0.15, 0.2) is 5.65 Å². The molecular weight excluding hydrogens is 192 g/mol. The van der Waals surface area contributed by atoms with Gasteiger partial charge in [-0.15, -0.1) is 11.3 Å². The molecular formula is C11H14N2S. The molecule has 0 aromatic carbocycles. The summed E-state index contributed by atoms with van der Waals surface area (Å²) in [7, 11) is 0. The van der Waals surface area contributed by atoms with Crippen LogP contribution in [0.3, 0.4) is 0 Å². The molecule has 14 heavy (non-hydrogen) atoms. The van der Waals surface area contributed by atoms with E-state index in [9.17, 15) is 0 Å². The highest BCUT2D eigenvalue weighted by molar-refractivity contribution is 7.18. The zero-order valence-electron chi connectivity index (χ0n) is 8.74. The summed E-state index contributed by atoms with van der Waals surface area (Å²) in [5.74, 6) is 0.499. The number of aryl methyl sites for hydroxylation is 1. The summed E-state index contributed by atoms with van der Waals surface area (Å²) in [6.45, 7) is 6.48. The summed E-state index contributed by atoms with van der Waals surface area (Å²) in [5, 5.41) is 1.18. The van der Waals surface area contributed by atoms with Gasteiger partial charge in [-0.05, 0) is 18.1 Å². The topological polar surface area (TPSA) is 25.8 Å². The van der Waals surface area contributed by atoms with Crippen molar-refractivity contribution < 1.29 is 0 Å². The fraction of sp³-hybridized carbons (Fsp3) is 0.455. The highest BCUT2D eigenvalue weighted by atomic mass is 32.1. The van der Waals surface area contributed by atoms with E-state index in [1.54, 1.807) is 11.3 Å². The second kappa shape index (κ2) is 3.65. The number of nitrogens with zero attached hydrogens (tertiary/aromatic N) is 2. The minimum Gasteiger partial charge on any atom is -0.236 e. The van der Waals surface area contributed by atoms with E-state index in [2.05, 4.69) is 36.8 Å². The Labute approximate surface area is 88.0 Å². The van der Waals surface area contributed by atoms with Crippen LogP contribution in [0, 0.1) is 0 Å². The molecule has 3 heteroatoms. The molecule has 2 heterocycles. The van der Waals surface area contributed by atoms with Crippen LogP contribution in [0.25, 0.3) is 10.3 Å². The van der Waals surface area contributed by atoms with Crippen molar-refractivity contribution in [1.82, 2.24) is 9.97 Å². The van der Waals surface area contributed by atoms with Crippen molar-refractivity contribution in [3.8, 4) is 0 Å². The molecule has 0 fully saturated rings. The number of fused-ring (bicyclic) bond motifs is 1. The maximum atomic E-state index is 4.50. The molecule has 0 aliphatic carbocycles. The Kier molecular flexibility index (Phi) is 2.50. The lowest BCUT2D eigenvalue weighted by Gasteiger charge is -1.93. The maximum Gasteiger partial charge on any atom is 0.170 e. The Bertz CT molecular complexity index is 445. The zero-order valence-corrected chi connectivity index (χ0v) is 9.56. The van der Waals surface area contributed by atoms with Crippen LogP contribution < -0.4 is 0 Å². The number of hydrogen-bond donors (Lipinski definition) is 0. The highest BCUT2D eigenvalue weighted by Crippen LogP contribution is 2.26. The van der Waals surface area contributed by atoms with E-state index in [0.29, 0.717) is 5.92 Å². The molecule has 0 bridgehead atoms. The van der Waals surface area contributed by atoms with Crippen molar-refractivity contribution in [3.63, 3.8) is 0 Å². The van der Waals surface area contributed by atoms with Crippen molar-refractivity contribution in [1.29, 1.82) is 0 Å². The van der Waals surface area contributed by atoms with Crippen LogP contribution in [0.1, 0.15) is 37.3 Å². The second-order valence-corrected chi connectivity index (χ2v) is 4.79. The number of hydrogen-bond acceptors (Lipinski definition) is 3. The monoisotopic (exact) mass is 206 g/mol. The van der Waals surface area contributed by atoms with Crippen molar-refractivity contribution in [2.24, 2.45) is 0 Å². The van der Waals surface area contributed by atoms with E-state index in [1.807, 2.05) is 6.20 Å². The predicted molar refractivity (Wildman–Crippen MR) is 60.9 cm³/mol. The van der Waals surface area contributed by atoms with E-state index in [-0.39, 0.29) is 0 Å². The van der Waals surface area contributed by atoms with E-state index < -0.39 is 0 Å². The quantitative estimate of drug-likeness (QED) is 0.752. The van der Waals surface area contributed by atoms with Gasteiger partial charge < -0.3 is 0 Å². The highest BCUT2D eigenvalue weighted by Gasteiger charge is 2.08. The first-order valence-electron chi connectivity index (χ1n) is 4.96. The van der Waals surface area contributed by atoms with E-state index in [1.165, 1.54) is 15.3 Å². The lowest BCUT2D eigenvalue weighted by atomic mass is 10.2. The molecule has 0 aliphatic rings. The molecule has 0 N–H and O–H groups in total. The van der Waals surface area contributed by atoms with Gasteiger partial charge in [0.25, 0.3) is 0 Å². The SMILES string of the molecule is CCc1cnc2nc(C(C)C)sc2c1. The fourth-order valence-electron chi connectivity index (χ4n) is 1.32. The van der Waals surface area contributed by atoms with E-state index in [0.717, 1.165) is 12.1 Å². The number of aromatic nitrogens is 2. The molecule has 0 aliphatic heterocycles. The van der Waals surface area contributed by atoms with Crippen LogP contribution in [0.4, 0.5) is 0 Å². The molecule has 0 saturated carbocycles. The largest absolute Gasteiger partial charge is 0.236 e. The average molecular weight is 206 g/mol. The number of thiazole rings is 1. The third kappa shape index (κ3) is 1.64. The predicted octanol–water partition coefficient (Wildman–Crippen LogP) is 3.38. The van der Waals surface area contributed by atoms with Crippen molar-refractivity contribution in [2.45, 2.75) is 33.1 Å². The van der Waals surface area contributed by atoms with Gasteiger partial charge >= 0.3 is 0 Å². The second-order valence-electron chi connectivity index (χ2n) is 3.73. The number of rotatable bonds is 2. The van der Waals surface area contributed by atoms with Gasteiger partial charge in [0.2, 0.25) is 0 Å². The molecule has 0 spiro atoms.